The standard InChI is InChI=1S/C13H20N2O3S/c1-3-18-12-4-6-13(7-5-12)19(16,17)15-10-8-14(2)9-11-15/h4-7H,3,8-11H2,1-2H3/p+1. The van der Waals surface area contributed by atoms with E-state index in [0.717, 1.165) is 13.1 Å². The molecule has 1 N–H and O–H groups in total. The van der Waals surface area contributed by atoms with E-state index in [-0.39, 0.29) is 0 Å². The molecule has 0 saturated carbocycles. The fraction of sp³-hybridized carbons (Fsp3) is 0.538. The molecule has 0 amide bonds. The van der Waals surface area contributed by atoms with Crippen molar-refractivity contribution >= 4 is 10.0 Å². The first kappa shape index (κ1) is 14.3. The van der Waals surface area contributed by atoms with E-state index in [1.54, 1.807) is 28.6 Å². The van der Waals surface area contributed by atoms with Gasteiger partial charge in [0.2, 0.25) is 10.0 Å². The fourth-order valence-corrected chi connectivity index (χ4v) is 3.57. The topological polar surface area (TPSA) is 51.1 Å². The maximum Gasteiger partial charge on any atom is 0.243 e. The Morgan fingerprint density at radius 3 is 2.32 bits per heavy atom. The van der Waals surface area contributed by atoms with Gasteiger partial charge in [0.05, 0.1) is 44.7 Å². The molecule has 1 aliphatic rings. The Hall–Kier alpha value is -1.11. The van der Waals surface area contributed by atoms with Crippen LogP contribution >= 0.6 is 0 Å². The number of nitrogens with one attached hydrogen (secondary N) is 1. The number of piperazine rings is 1. The summed E-state index contributed by atoms with van der Waals surface area (Å²) in [5.41, 5.74) is 0. The first-order chi connectivity index (χ1) is 9.04. The molecule has 5 nitrogen and oxygen atoms in total. The molecule has 0 bridgehead atoms. The molecule has 1 saturated heterocycles. The fourth-order valence-electron chi connectivity index (χ4n) is 2.13. The van der Waals surface area contributed by atoms with Gasteiger partial charge in [-0.25, -0.2) is 8.42 Å². The zero-order chi connectivity index (χ0) is 13.9. The van der Waals surface area contributed by atoms with Crippen molar-refractivity contribution in [1.29, 1.82) is 0 Å². The van der Waals surface area contributed by atoms with Crippen LogP contribution in [0.4, 0.5) is 0 Å². The van der Waals surface area contributed by atoms with Gasteiger partial charge >= 0.3 is 0 Å². The Kier molecular flexibility index (Phi) is 4.44. The van der Waals surface area contributed by atoms with Gasteiger partial charge < -0.3 is 9.64 Å². The second-order valence-corrected chi connectivity index (χ2v) is 6.70. The Morgan fingerprint density at radius 2 is 1.79 bits per heavy atom. The minimum Gasteiger partial charge on any atom is -0.494 e. The Bertz CT molecular complexity index is 505. The largest absolute Gasteiger partial charge is 0.494 e. The lowest BCUT2D eigenvalue weighted by molar-refractivity contribution is -0.883. The highest BCUT2D eigenvalue weighted by Crippen LogP contribution is 2.19. The van der Waals surface area contributed by atoms with E-state index in [0.29, 0.717) is 30.3 Å². The van der Waals surface area contributed by atoms with Gasteiger partial charge in [0.15, 0.2) is 0 Å². The number of sulfonamides is 1. The van der Waals surface area contributed by atoms with Crippen LogP contribution < -0.4 is 9.64 Å². The quantitative estimate of drug-likeness (QED) is 0.819. The molecule has 6 heteroatoms. The summed E-state index contributed by atoms with van der Waals surface area (Å²) in [6.07, 6.45) is 0. The van der Waals surface area contributed by atoms with E-state index in [1.165, 1.54) is 4.90 Å². The number of hydrogen-bond acceptors (Lipinski definition) is 3. The van der Waals surface area contributed by atoms with Crippen molar-refractivity contribution in [1.82, 2.24) is 4.31 Å². The average molecular weight is 285 g/mol. The van der Waals surface area contributed by atoms with Gasteiger partial charge in [-0.2, -0.15) is 4.31 Å². The van der Waals surface area contributed by atoms with Crippen molar-refractivity contribution in [3.63, 3.8) is 0 Å². The second-order valence-electron chi connectivity index (χ2n) is 4.77. The maximum atomic E-state index is 12.4. The van der Waals surface area contributed by atoms with Gasteiger partial charge in [0.1, 0.15) is 5.75 Å². The smallest absolute Gasteiger partial charge is 0.243 e. The van der Waals surface area contributed by atoms with Crippen LogP contribution in [0.15, 0.2) is 29.2 Å². The summed E-state index contributed by atoms with van der Waals surface area (Å²) >= 11 is 0. The number of quaternary nitrogens is 1. The van der Waals surface area contributed by atoms with E-state index in [2.05, 4.69) is 7.05 Å². The number of hydrogen-bond donors (Lipinski definition) is 1. The molecule has 1 aliphatic heterocycles. The highest BCUT2D eigenvalue weighted by atomic mass is 32.2. The van der Waals surface area contributed by atoms with Crippen molar-refractivity contribution < 1.29 is 18.1 Å². The van der Waals surface area contributed by atoms with Crippen LogP contribution in [-0.2, 0) is 10.0 Å². The monoisotopic (exact) mass is 285 g/mol. The number of benzene rings is 1. The molecule has 1 heterocycles. The molecule has 0 atom stereocenters. The molecule has 0 spiro atoms. The van der Waals surface area contributed by atoms with E-state index < -0.39 is 10.0 Å². The SMILES string of the molecule is CCOc1ccc(S(=O)(=O)N2CC[NH+](C)CC2)cc1. The first-order valence-electron chi connectivity index (χ1n) is 6.58. The summed E-state index contributed by atoms with van der Waals surface area (Å²) < 4.78 is 31.8. The lowest BCUT2D eigenvalue weighted by Gasteiger charge is -2.29. The average Bonchev–Trinajstić information content (AvgIpc) is 2.40. The van der Waals surface area contributed by atoms with Gasteiger partial charge in [-0.15, -0.1) is 0 Å². The molecule has 0 radical (unpaired) electrons. The van der Waals surface area contributed by atoms with Crippen LogP contribution in [0.5, 0.6) is 5.75 Å². The number of rotatable bonds is 4. The third-order valence-corrected chi connectivity index (χ3v) is 5.26. The van der Waals surface area contributed by atoms with Crippen LogP contribution in [0.3, 0.4) is 0 Å². The van der Waals surface area contributed by atoms with Crippen molar-refractivity contribution in [3.8, 4) is 5.75 Å². The highest BCUT2D eigenvalue weighted by Gasteiger charge is 2.28. The van der Waals surface area contributed by atoms with E-state index >= 15 is 0 Å². The van der Waals surface area contributed by atoms with Gasteiger partial charge in [-0.1, -0.05) is 0 Å². The molecule has 0 unspecified atom stereocenters. The highest BCUT2D eigenvalue weighted by molar-refractivity contribution is 7.89. The summed E-state index contributed by atoms with van der Waals surface area (Å²) in [4.78, 5) is 1.72. The minimum absolute atomic E-state index is 0.343. The number of likely N-dealkylation sites (N-methyl/N-ethyl adjacent to an activating group) is 1. The lowest BCUT2D eigenvalue weighted by atomic mass is 10.3. The third kappa shape index (κ3) is 3.26. The predicted octanol–water partition coefficient (Wildman–Crippen LogP) is -0.396. The zero-order valence-electron chi connectivity index (χ0n) is 11.4. The second kappa shape index (κ2) is 5.90. The van der Waals surface area contributed by atoms with Gasteiger partial charge in [0, 0.05) is 0 Å². The van der Waals surface area contributed by atoms with Crippen molar-refractivity contribution in [3.05, 3.63) is 24.3 Å². The van der Waals surface area contributed by atoms with E-state index in [4.69, 9.17) is 4.74 Å². The van der Waals surface area contributed by atoms with Gasteiger partial charge in [-0.3, -0.25) is 0 Å². The predicted molar refractivity (Wildman–Crippen MR) is 73.0 cm³/mol. The van der Waals surface area contributed by atoms with Crippen molar-refractivity contribution in [2.45, 2.75) is 11.8 Å². The first-order valence-corrected chi connectivity index (χ1v) is 8.02. The minimum atomic E-state index is -3.35. The van der Waals surface area contributed by atoms with Crippen molar-refractivity contribution in [2.75, 3.05) is 39.8 Å². The Morgan fingerprint density at radius 1 is 1.21 bits per heavy atom. The molecular formula is C13H21N2O3S+. The van der Waals surface area contributed by atoms with Crippen LogP contribution in [-0.4, -0.2) is 52.6 Å². The molecule has 1 fully saturated rings. The van der Waals surface area contributed by atoms with Crippen molar-refractivity contribution in [2.24, 2.45) is 0 Å². The van der Waals surface area contributed by atoms with Crippen LogP contribution in [0.2, 0.25) is 0 Å². The number of ether oxygens (including phenoxy) is 1. The normalized spacial score (nSPS) is 18.4. The zero-order valence-corrected chi connectivity index (χ0v) is 12.2. The summed E-state index contributed by atoms with van der Waals surface area (Å²) in [7, 11) is -1.27. The van der Waals surface area contributed by atoms with Crippen LogP contribution in [0.1, 0.15) is 6.92 Å². The Labute approximate surface area is 114 Å². The maximum absolute atomic E-state index is 12.4. The van der Waals surface area contributed by atoms with Gasteiger partial charge in [-0.05, 0) is 31.2 Å². The summed E-state index contributed by atoms with van der Waals surface area (Å²) in [6, 6.07) is 6.65. The van der Waals surface area contributed by atoms with E-state index in [1.807, 2.05) is 6.92 Å². The summed E-state index contributed by atoms with van der Waals surface area (Å²) in [5, 5.41) is 0. The Balaban J connectivity index is 2.15. The molecule has 2 rings (SSSR count). The van der Waals surface area contributed by atoms with Gasteiger partial charge in [0.25, 0.3) is 0 Å². The molecule has 1 aromatic carbocycles. The molecular weight excluding hydrogens is 264 g/mol. The van der Waals surface area contributed by atoms with E-state index in [9.17, 15) is 8.42 Å². The third-order valence-electron chi connectivity index (χ3n) is 3.35. The molecule has 1 aromatic rings. The van der Waals surface area contributed by atoms with Crippen LogP contribution in [0, 0.1) is 0 Å². The molecule has 106 valence electrons. The summed E-state index contributed by atoms with van der Waals surface area (Å²) in [6.45, 7) is 5.36. The molecule has 0 aromatic heterocycles. The van der Waals surface area contributed by atoms with Crippen LogP contribution in [0.25, 0.3) is 0 Å². The summed E-state index contributed by atoms with van der Waals surface area (Å²) in [5.74, 6) is 0.698. The number of nitrogens with zero attached hydrogens (tertiary/aromatic N) is 1. The lowest BCUT2D eigenvalue weighted by Crippen LogP contribution is -3.12. The molecule has 19 heavy (non-hydrogen) atoms. The molecule has 0 aliphatic carbocycles.